The average Bonchev–Trinajstić information content (AvgIpc) is 2.29. The quantitative estimate of drug-likeness (QED) is 0.477. The fourth-order valence-electron chi connectivity index (χ4n) is 1.18. The molecule has 0 saturated heterocycles. The zero-order chi connectivity index (χ0) is 12.1. The van der Waals surface area contributed by atoms with Crippen LogP contribution in [0.3, 0.4) is 0 Å². The van der Waals surface area contributed by atoms with Crippen molar-refractivity contribution in [3.05, 3.63) is 46.5 Å². The van der Waals surface area contributed by atoms with Crippen LogP contribution in [0.25, 0.3) is 0 Å². The van der Waals surface area contributed by atoms with E-state index in [2.05, 4.69) is 11.9 Å². The lowest BCUT2D eigenvalue weighted by Crippen LogP contribution is -2.12. The van der Waals surface area contributed by atoms with E-state index in [1.54, 1.807) is 6.08 Å². The van der Waals surface area contributed by atoms with Gasteiger partial charge in [-0.3, -0.25) is 10.1 Å². The molecule has 0 bridgehead atoms. The van der Waals surface area contributed by atoms with Crippen molar-refractivity contribution in [3.8, 4) is 6.07 Å². The number of anilines is 1. The molecule has 0 aliphatic heterocycles. The molecule has 0 radical (unpaired) electrons. The van der Waals surface area contributed by atoms with Crippen LogP contribution in [0.4, 0.5) is 11.4 Å². The molecule has 16 heavy (non-hydrogen) atoms. The van der Waals surface area contributed by atoms with E-state index in [1.165, 1.54) is 18.2 Å². The Balaban J connectivity index is 3.14. The number of nitro groups is 1. The van der Waals surface area contributed by atoms with Gasteiger partial charge in [-0.15, -0.1) is 6.58 Å². The second-order valence-corrected chi connectivity index (χ2v) is 3.27. The van der Waals surface area contributed by atoms with E-state index in [-0.39, 0.29) is 17.3 Å². The third kappa shape index (κ3) is 2.58. The minimum Gasteiger partial charge on any atom is -0.374 e. The minimum atomic E-state index is -0.515. The first-order valence-corrected chi connectivity index (χ1v) is 4.66. The van der Waals surface area contributed by atoms with Crippen molar-refractivity contribution in [3.63, 3.8) is 0 Å². The largest absolute Gasteiger partial charge is 0.374 e. The van der Waals surface area contributed by atoms with Crippen LogP contribution >= 0.6 is 0 Å². The molecule has 0 heterocycles. The smallest absolute Gasteiger partial charge is 0.293 e. The molecule has 82 valence electrons. The molecular weight excluding hydrogens is 206 g/mol. The summed E-state index contributed by atoms with van der Waals surface area (Å²) >= 11 is 0. The maximum Gasteiger partial charge on any atom is 0.293 e. The van der Waals surface area contributed by atoms with Crippen molar-refractivity contribution in [2.45, 2.75) is 13.0 Å². The van der Waals surface area contributed by atoms with E-state index in [1.807, 2.05) is 13.0 Å². The Morgan fingerprint density at radius 2 is 2.38 bits per heavy atom. The number of nitriles is 1. The second-order valence-electron chi connectivity index (χ2n) is 3.27. The van der Waals surface area contributed by atoms with Gasteiger partial charge in [-0.25, -0.2) is 0 Å². The summed E-state index contributed by atoms with van der Waals surface area (Å²) < 4.78 is 0. The SMILES string of the molecule is C=CC(C)Nc1ccc(C#N)cc1[N+](=O)[O-]. The predicted octanol–water partition coefficient (Wildman–Crippen LogP) is 2.45. The summed E-state index contributed by atoms with van der Waals surface area (Å²) in [4.78, 5) is 10.3. The number of benzene rings is 1. The van der Waals surface area contributed by atoms with Crippen molar-refractivity contribution >= 4 is 11.4 Å². The summed E-state index contributed by atoms with van der Waals surface area (Å²) in [6, 6.07) is 6.09. The molecule has 1 rings (SSSR count). The van der Waals surface area contributed by atoms with E-state index in [9.17, 15) is 10.1 Å². The van der Waals surface area contributed by atoms with Crippen molar-refractivity contribution in [1.82, 2.24) is 0 Å². The molecule has 0 aliphatic rings. The molecular formula is C11H11N3O2. The topological polar surface area (TPSA) is 79.0 Å². The lowest BCUT2D eigenvalue weighted by molar-refractivity contribution is -0.384. The van der Waals surface area contributed by atoms with Crippen LogP contribution in [0.15, 0.2) is 30.9 Å². The molecule has 0 aliphatic carbocycles. The number of rotatable bonds is 4. The molecule has 1 atom stereocenters. The molecule has 5 nitrogen and oxygen atoms in total. The first-order chi connectivity index (χ1) is 7.58. The highest BCUT2D eigenvalue weighted by Gasteiger charge is 2.15. The second kappa shape index (κ2) is 4.94. The molecule has 1 aromatic carbocycles. The molecule has 0 saturated carbocycles. The number of nitro benzene ring substituents is 1. The first kappa shape index (κ1) is 11.7. The van der Waals surface area contributed by atoms with Gasteiger partial charge in [0.2, 0.25) is 0 Å². The number of nitrogens with one attached hydrogen (secondary N) is 1. The number of hydrogen-bond donors (Lipinski definition) is 1. The summed E-state index contributed by atoms with van der Waals surface area (Å²) in [7, 11) is 0. The van der Waals surface area contributed by atoms with E-state index < -0.39 is 4.92 Å². The fraction of sp³-hybridized carbons (Fsp3) is 0.182. The highest BCUT2D eigenvalue weighted by atomic mass is 16.6. The van der Waals surface area contributed by atoms with Gasteiger partial charge in [-0.1, -0.05) is 6.08 Å². The molecule has 5 heteroatoms. The lowest BCUT2D eigenvalue weighted by Gasteiger charge is -2.10. The van der Waals surface area contributed by atoms with Gasteiger partial charge in [-0.05, 0) is 19.1 Å². The third-order valence-electron chi connectivity index (χ3n) is 2.06. The molecule has 0 amide bonds. The molecule has 0 fully saturated rings. The van der Waals surface area contributed by atoms with E-state index in [0.717, 1.165) is 0 Å². The Hall–Kier alpha value is -2.35. The predicted molar refractivity (Wildman–Crippen MR) is 61.1 cm³/mol. The molecule has 1 aromatic rings. The van der Waals surface area contributed by atoms with E-state index in [0.29, 0.717) is 5.69 Å². The number of hydrogen-bond acceptors (Lipinski definition) is 4. The molecule has 1 N–H and O–H groups in total. The van der Waals surface area contributed by atoms with E-state index in [4.69, 9.17) is 5.26 Å². The highest BCUT2D eigenvalue weighted by Crippen LogP contribution is 2.25. The normalized spacial score (nSPS) is 11.2. The zero-order valence-electron chi connectivity index (χ0n) is 8.80. The Morgan fingerprint density at radius 3 is 2.88 bits per heavy atom. The molecule has 0 aromatic heterocycles. The lowest BCUT2D eigenvalue weighted by atomic mass is 10.1. The maximum atomic E-state index is 10.8. The van der Waals surface area contributed by atoms with Gasteiger partial charge >= 0.3 is 0 Å². The van der Waals surface area contributed by atoms with Crippen molar-refractivity contribution in [2.75, 3.05) is 5.32 Å². The van der Waals surface area contributed by atoms with Crippen LogP contribution in [0.2, 0.25) is 0 Å². The number of nitrogens with zero attached hydrogens (tertiary/aromatic N) is 2. The standard InChI is InChI=1S/C11H11N3O2/c1-3-8(2)13-10-5-4-9(7-12)6-11(10)14(15)16/h3-6,8,13H,1H2,2H3. The Labute approximate surface area is 93.2 Å². The minimum absolute atomic E-state index is 0.0772. The Bertz CT molecular complexity index is 463. The summed E-state index contributed by atoms with van der Waals surface area (Å²) in [5.41, 5.74) is 0.549. The maximum absolute atomic E-state index is 10.8. The van der Waals surface area contributed by atoms with Crippen LogP contribution in [0.5, 0.6) is 0 Å². The van der Waals surface area contributed by atoms with Gasteiger partial charge in [0, 0.05) is 12.1 Å². The van der Waals surface area contributed by atoms with Gasteiger partial charge < -0.3 is 5.32 Å². The third-order valence-corrected chi connectivity index (χ3v) is 2.06. The highest BCUT2D eigenvalue weighted by molar-refractivity contribution is 5.64. The van der Waals surface area contributed by atoms with Crippen LogP contribution in [-0.4, -0.2) is 11.0 Å². The van der Waals surface area contributed by atoms with Crippen LogP contribution in [-0.2, 0) is 0 Å². The Kier molecular flexibility index (Phi) is 3.62. The summed E-state index contributed by atoms with van der Waals surface area (Å²) in [5, 5.41) is 22.4. The van der Waals surface area contributed by atoms with Crippen molar-refractivity contribution in [1.29, 1.82) is 5.26 Å². The van der Waals surface area contributed by atoms with Gasteiger partial charge in [0.25, 0.3) is 5.69 Å². The van der Waals surface area contributed by atoms with Crippen LogP contribution in [0, 0.1) is 21.4 Å². The monoisotopic (exact) mass is 217 g/mol. The van der Waals surface area contributed by atoms with Crippen LogP contribution < -0.4 is 5.32 Å². The summed E-state index contributed by atoms with van der Waals surface area (Å²) in [5.74, 6) is 0. The van der Waals surface area contributed by atoms with Gasteiger partial charge in [0.15, 0.2) is 0 Å². The summed E-state index contributed by atoms with van der Waals surface area (Å²) in [6.45, 7) is 5.41. The molecule has 0 spiro atoms. The molecule has 1 unspecified atom stereocenters. The van der Waals surface area contributed by atoms with Gasteiger partial charge in [-0.2, -0.15) is 5.26 Å². The fourth-order valence-corrected chi connectivity index (χ4v) is 1.18. The first-order valence-electron chi connectivity index (χ1n) is 4.66. The average molecular weight is 217 g/mol. The van der Waals surface area contributed by atoms with Crippen molar-refractivity contribution < 1.29 is 4.92 Å². The van der Waals surface area contributed by atoms with Gasteiger partial charge in [0.1, 0.15) is 5.69 Å². The van der Waals surface area contributed by atoms with E-state index >= 15 is 0 Å². The summed E-state index contributed by atoms with van der Waals surface area (Å²) in [6.07, 6.45) is 1.64. The van der Waals surface area contributed by atoms with Crippen molar-refractivity contribution in [2.24, 2.45) is 0 Å². The van der Waals surface area contributed by atoms with Gasteiger partial charge in [0.05, 0.1) is 16.6 Å². The zero-order valence-corrected chi connectivity index (χ0v) is 8.80. The Morgan fingerprint density at radius 1 is 1.69 bits per heavy atom. The van der Waals surface area contributed by atoms with Crippen LogP contribution in [0.1, 0.15) is 12.5 Å².